The summed E-state index contributed by atoms with van der Waals surface area (Å²) in [4.78, 5) is 23.2. The van der Waals surface area contributed by atoms with E-state index in [0.29, 0.717) is 0 Å². The Balaban J connectivity index is 2.47. The van der Waals surface area contributed by atoms with Crippen LogP contribution in [0.15, 0.2) is 42.0 Å². The first-order valence-electron chi connectivity index (χ1n) is 8.01. The van der Waals surface area contributed by atoms with Crippen molar-refractivity contribution in [3.63, 3.8) is 0 Å². The minimum Gasteiger partial charge on any atom is -0.507 e. The molecule has 0 bridgehead atoms. The first kappa shape index (κ1) is 23.3. The van der Waals surface area contributed by atoms with E-state index in [4.69, 9.17) is 10.4 Å². The van der Waals surface area contributed by atoms with E-state index in [9.17, 15) is 41.0 Å². The van der Waals surface area contributed by atoms with Crippen molar-refractivity contribution in [1.29, 1.82) is 5.26 Å². The van der Waals surface area contributed by atoms with E-state index in [1.807, 2.05) is 5.32 Å². The molecular weight excluding hydrogens is 434 g/mol. The molecule has 162 valence electrons. The third-order valence-electron chi connectivity index (χ3n) is 3.77. The molecule has 0 spiro atoms. The number of amides is 1. The van der Waals surface area contributed by atoms with Gasteiger partial charge in [0.05, 0.1) is 16.7 Å². The van der Waals surface area contributed by atoms with Crippen molar-refractivity contribution in [2.45, 2.75) is 12.4 Å². The number of benzene rings is 2. The van der Waals surface area contributed by atoms with Gasteiger partial charge in [-0.15, -0.1) is 0 Å². The number of aliphatic carboxylic acids is 1. The number of carbonyl (C=O) groups is 2. The van der Waals surface area contributed by atoms with Crippen molar-refractivity contribution in [3.8, 4) is 11.8 Å². The standard InChI is InChI=1S/C19H10F6N2O4/c20-18(21,22)11-5-12(19(23,24)25)7-13(6-11)27-16(29)14-4-9(1-2-15(14)28)3-10(8-26)17(30)31/h1-7,28H,(H,27,29)(H,30,31)/b10-3-. The zero-order chi connectivity index (χ0) is 23.6. The third-order valence-corrected chi connectivity index (χ3v) is 3.77. The Labute approximate surface area is 169 Å². The number of carbonyl (C=O) groups excluding carboxylic acids is 1. The lowest BCUT2D eigenvalue weighted by molar-refractivity contribution is -0.143. The largest absolute Gasteiger partial charge is 0.507 e. The highest BCUT2D eigenvalue weighted by Gasteiger charge is 2.37. The number of aromatic hydroxyl groups is 1. The fourth-order valence-electron chi connectivity index (χ4n) is 2.36. The molecule has 31 heavy (non-hydrogen) atoms. The van der Waals surface area contributed by atoms with Crippen LogP contribution in [0.5, 0.6) is 5.75 Å². The minimum atomic E-state index is -5.13. The molecule has 2 aromatic rings. The van der Waals surface area contributed by atoms with Crippen LogP contribution in [0.4, 0.5) is 32.0 Å². The number of nitrogens with zero attached hydrogens (tertiary/aromatic N) is 1. The topological polar surface area (TPSA) is 110 Å². The Morgan fingerprint density at radius 1 is 0.968 bits per heavy atom. The molecule has 1 amide bonds. The third kappa shape index (κ3) is 5.75. The van der Waals surface area contributed by atoms with E-state index in [-0.39, 0.29) is 23.8 Å². The molecule has 0 fully saturated rings. The monoisotopic (exact) mass is 444 g/mol. The molecule has 0 radical (unpaired) electrons. The Hall–Kier alpha value is -4.01. The molecule has 0 aromatic heterocycles. The van der Waals surface area contributed by atoms with Crippen LogP contribution in [0.3, 0.4) is 0 Å². The van der Waals surface area contributed by atoms with Crippen LogP contribution in [0.1, 0.15) is 27.0 Å². The molecule has 0 aliphatic rings. The first-order chi connectivity index (χ1) is 14.2. The van der Waals surface area contributed by atoms with E-state index in [1.54, 1.807) is 0 Å². The fourth-order valence-corrected chi connectivity index (χ4v) is 2.36. The van der Waals surface area contributed by atoms with Crippen molar-refractivity contribution >= 4 is 23.6 Å². The van der Waals surface area contributed by atoms with Gasteiger partial charge in [-0.05, 0) is 42.0 Å². The molecule has 2 aromatic carbocycles. The Bertz CT molecular complexity index is 1080. The van der Waals surface area contributed by atoms with Crippen molar-refractivity contribution in [2.24, 2.45) is 0 Å². The number of phenolic OH excluding ortho intramolecular Hbond substituents is 1. The second-order valence-corrected chi connectivity index (χ2v) is 6.00. The fraction of sp³-hybridized carbons (Fsp3) is 0.105. The van der Waals surface area contributed by atoms with Crippen LogP contribution in [0.25, 0.3) is 6.08 Å². The first-order valence-corrected chi connectivity index (χ1v) is 8.01. The summed E-state index contributed by atoms with van der Waals surface area (Å²) in [6.45, 7) is 0. The second-order valence-electron chi connectivity index (χ2n) is 6.00. The average molecular weight is 444 g/mol. The van der Waals surface area contributed by atoms with Gasteiger partial charge in [-0.25, -0.2) is 4.79 Å². The van der Waals surface area contributed by atoms with E-state index in [0.717, 1.165) is 24.3 Å². The maximum absolute atomic E-state index is 12.9. The molecule has 0 saturated carbocycles. The Morgan fingerprint density at radius 2 is 1.52 bits per heavy atom. The summed E-state index contributed by atoms with van der Waals surface area (Å²) in [5.41, 5.74) is -5.48. The number of alkyl halides is 6. The number of halogens is 6. The smallest absolute Gasteiger partial charge is 0.416 e. The summed E-state index contributed by atoms with van der Waals surface area (Å²) in [6, 6.07) is 4.81. The van der Waals surface area contributed by atoms with Gasteiger partial charge >= 0.3 is 18.3 Å². The van der Waals surface area contributed by atoms with E-state index < -0.39 is 57.9 Å². The Kier molecular flexibility index (Phi) is 6.30. The SMILES string of the molecule is N#C/C(=C/c1ccc(O)c(C(=O)Nc2cc(C(F)(F)F)cc(C(F)(F)F)c2)c1)C(=O)O. The molecule has 3 N–H and O–H groups in total. The number of anilines is 1. The highest BCUT2D eigenvalue weighted by molar-refractivity contribution is 6.07. The van der Waals surface area contributed by atoms with E-state index in [2.05, 4.69) is 0 Å². The van der Waals surface area contributed by atoms with Gasteiger partial charge in [0.15, 0.2) is 0 Å². The number of rotatable bonds is 4. The van der Waals surface area contributed by atoms with Crippen LogP contribution >= 0.6 is 0 Å². The summed E-state index contributed by atoms with van der Waals surface area (Å²) in [5.74, 6) is -3.54. The maximum atomic E-state index is 12.9. The number of phenols is 1. The quantitative estimate of drug-likeness (QED) is 0.361. The summed E-state index contributed by atoms with van der Waals surface area (Å²) in [6.07, 6.45) is -9.40. The molecule has 2 rings (SSSR count). The highest BCUT2D eigenvalue weighted by atomic mass is 19.4. The lowest BCUT2D eigenvalue weighted by Crippen LogP contribution is -2.16. The molecular formula is C19H10F6N2O4. The normalized spacial score (nSPS) is 12.2. The molecule has 0 aliphatic carbocycles. The molecule has 0 heterocycles. The summed E-state index contributed by atoms with van der Waals surface area (Å²) in [7, 11) is 0. The average Bonchev–Trinajstić information content (AvgIpc) is 2.65. The van der Waals surface area contributed by atoms with Crippen molar-refractivity contribution in [1.82, 2.24) is 0 Å². The lowest BCUT2D eigenvalue weighted by atomic mass is 10.1. The van der Waals surface area contributed by atoms with Gasteiger partial charge in [0, 0.05) is 5.69 Å². The van der Waals surface area contributed by atoms with Crippen molar-refractivity contribution < 1.29 is 46.1 Å². The van der Waals surface area contributed by atoms with Crippen LogP contribution in [0.2, 0.25) is 0 Å². The highest BCUT2D eigenvalue weighted by Crippen LogP contribution is 2.37. The zero-order valence-electron chi connectivity index (χ0n) is 15.0. The number of carboxylic acids is 1. The number of nitriles is 1. The van der Waals surface area contributed by atoms with Gasteiger partial charge in [0.2, 0.25) is 0 Å². The number of nitrogens with one attached hydrogen (secondary N) is 1. The van der Waals surface area contributed by atoms with Gasteiger partial charge in [-0.3, -0.25) is 4.79 Å². The second kappa shape index (κ2) is 8.39. The van der Waals surface area contributed by atoms with Crippen LogP contribution in [0, 0.1) is 11.3 Å². The molecule has 0 unspecified atom stereocenters. The minimum absolute atomic E-state index is 0.0399. The Morgan fingerprint density at radius 3 is 1.97 bits per heavy atom. The van der Waals surface area contributed by atoms with E-state index in [1.165, 1.54) is 6.07 Å². The van der Waals surface area contributed by atoms with Gasteiger partial charge in [0.1, 0.15) is 17.4 Å². The number of hydrogen-bond donors (Lipinski definition) is 3. The summed E-state index contributed by atoms with van der Waals surface area (Å²) >= 11 is 0. The summed E-state index contributed by atoms with van der Waals surface area (Å²) in [5, 5.41) is 29.3. The van der Waals surface area contributed by atoms with Crippen molar-refractivity contribution in [3.05, 3.63) is 64.2 Å². The summed E-state index contributed by atoms with van der Waals surface area (Å²) < 4.78 is 77.6. The lowest BCUT2D eigenvalue weighted by Gasteiger charge is -2.15. The molecule has 0 saturated heterocycles. The molecule has 0 atom stereocenters. The predicted octanol–water partition coefficient (Wildman–Crippen LogP) is 4.67. The van der Waals surface area contributed by atoms with Gasteiger partial charge in [0.25, 0.3) is 5.91 Å². The molecule has 6 nitrogen and oxygen atoms in total. The predicted molar refractivity (Wildman–Crippen MR) is 93.7 cm³/mol. The zero-order valence-corrected chi connectivity index (χ0v) is 15.0. The number of hydrogen-bond acceptors (Lipinski definition) is 4. The van der Waals surface area contributed by atoms with Crippen LogP contribution in [-0.4, -0.2) is 22.1 Å². The van der Waals surface area contributed by atoms with Gasteiger partial charge in [-0.1, -0.05) is 6.07 Å². The molecule has 12 heteroatoms. The van der Waals surface area contributed by atoms with Crippen molar-refractivity contribution in [2.75, 3.05) is 5.32 Å². The van der Waals surface area contributed by atoms with Crippen LogP contribution < -0.4 is 5.32 Å². The van der Waals surface area contributed by atoms with Gasteiger partial charge < -0.3 is 15.5 Å². The molecule has 0 aliphatic heterocycles. The maximum Gasteiger partial charge on any atom is 0.416 e. The number of carboxylic acid groups (broad SMARTS) is 1. The van der Waals surface area contributed by atoms with Gasteiger partial charge in [-0.2, -0.15) is 31.6 Å². The van der Waals surface area contributed by atoms with Crippen LogP contribution in [-0.2, 0) is 17.1 Å². The van der Waals surface area contributed by atoms with E-state index >= 15 is 0 Å².